The molecule has 26 heavy (non-hydrogen) atoms. The van der Waals surface area contributed by atoms with E-state index in [1.54, 1.807) is 12.1 Å². The third kappa shape index (κ3) is 3.54. The van der Waals surface area contributed by atoms with Crippen molar-refractivity contribution >= 4 is 11.7 Å². The van der Waals surface area contributed by atoms with Crippen LogP contribution in [0.3, 0.4) is 0 Å². The second kappa shape index (κ2) is 7.81. The second-order valence-corrected chi connectivity index (χ2v) is 6.55. The number of ketones is 1. The molecule has 5 nitrogen and oxygen atoms in total. The fourth-order valence-electron chi connectivity index (χ4n) is 3.39. The smallest absolute Gasteiger partial charge is 0.254 e. The first-order valence-electron chi connectivity index (χ1n) is 8.87. The zero-order valence-electron chi connectivity index (χ0n) is 14.8. The molecule has 1 amide bonds. The molecular formula is C21H23NO4. The van der Waals surface area contributed by atoms with E-state index in [4.69, 9.17) is 5.11 Å². The highest BCUT2D eigenvalue weighted by molar-refractivity contribution is 5.99. The minimum Gasteiger partial charge on any atom is -0.390 e. The summed E-state index contributed by atoms with van der Waals surface area (Å²) < 4.78 is 0. The lowest BCUT2D eigenvalue weighted by molar-refractivity contribution is -0.127. The van der Waals surface area contributed by atoms with Gasteiger partial charge in [0, 0.05) is 12.1 Å². The number of aliphatic hydroxyl groups is 2. The zero-order valence-corrected chi connectivity index (χ0v) is 14.8. The van der Waals surface area contributed by atoms with Crippen LogP contribution in [0.1, 0.15) is 29.3 Å². The number of aliphatic hydroxyl groups excluding tert-OH is 2. The summed E-state index contributed by atoms with van der Waals surface area (Å²) >= 11 is 0. The van der Waals surface area contributed by atoms with E-state index in [0.29, 0.717) is 18.5 Å². The fourth-order valence-corrected chi connectivity index (χ4v) is 3.39. The first-order chi connectivity index (χ1) is 12.5. The third-order valence-electron chi connectivity index (χ3n) is 4.94. The number of rotatable bonds is 5. The van der Waals surface area contributed by atoms with Gasteiger partial charge in [0.05, 0.1) is 6.10 Å². The topological polar surface area (TPSA) is 77.8 Å². The van der Waals surface area contributed by atoms with Crippen LogP contribution < -0.4 is 0 Å². The van der Waals surface area contributed by atoms with Gasteiger partial charge in [0.2, 0.25) is 0 Å². The molecule has 2 aromatic rings. The molecule has 0 spiro atoms. The van der Waals surface area contributed by atoms with Crippen molar-refractivity contribution in [3.63, 3.8) is 0 Å². The minimum atomic E-state index is -0.964. The summed E-state index contributed by atoms with van der Waals surface area (Å²) in [7, 11) is 0. The maximum atomic E-state index is 12.7. The average Bonchev–Trinajstić information content (AvgIpc) is 3.08. The van der Waals surface area contributed by atoms with Gasteiger partial charge in [-0.15, -0.1) is 0 Å². The van der Waals surface area contributed by atoms with E-state index in [0.717, 1.165) is 17.5 Å². The van der Waals surface area contributed by atoms with Crippen molar-refractivity contribution in [3.8, 4) is 11.1 Å². The number of hydrogen-bond donors (Lipinski definition) is 2. The Bertz CT molecular complexity index is 783. The Hall–Kier alpha value is -2.50. The van der Waals surface area contributed by atoms with E-state index < -0.39 is 24.5 Å². The largest absolute Gasteiger partial charge is 0.390 e. The third-order valence-corrected chi connectivity index (χ3v) is 4.94. The molecule has 3 rings (SSSR count). The molecule has 1 saturated heterocycles. The van der Waals surface area contributed by atoms with Crippen LogP contribution in [0.15, 0.2) is 48.5 Å². The number of carbonyl (C=O) groups excluding carboxylic acids is 2. The number of nitrogens with zero attached hydrogens (tertiary/aromatic N) is 1. The number of benzene rings is 2. The number of hydrogen-bond acceptors (Lipinski definition) is 4. The molecule has 0 aliphatic carbocycles. The van der Waals surface area contributed by atoms with Gasteiger partial charge < -0.3 is 15.1 Å². The monoisotopic (exact) mass is 353 g/mol. The summed E-state index contributed by atoms with van der Waals surface area (Å²) in [4.78, 5) is 25.9. The summed E-state index contributed by atoms with van der Waals surface area (Å²) in [5.74, 6) is -0.836. The lowest BCUT2D eigenvalue weighted by Gasteiger charge is -2.24. The summed E-state index contributed by atoms with van der Waals surface area (Å²) in [5, 5.41) is 19.1. The first-order valence-corrected chi connectivity index (χ1v) is 8.87. The normalized spacial score (nSPS) is 19.6. The van der Waals surface area contributed by atoms with Crippen molar-refractivity contribution in [3.05, 3.63) is 59.7 Å². The summed E-state index contributed by atoms with van der Waals surface area (Å²) in [5.41, 5.74) is 3.82. The van der Waals surface area contributed by atoms with Crippen molar-refractivity contribution in [1.29, 1.82) is 0 Å². The Kier molecular flexibility index (Phi) is 5.49. The van der Waals surface area contributed by atoms with Crippen LogP contribution in [-0.2, 0) is 11.2 Å². The van der Waals surface area contributed by atoms with Gasteiger partial charge in [-0.05, 0) is 41.7 Å². The van der Waals surface area contributed by atoms with E-state index in [1.165, 1.54) is 10.5 Å². The molecule has 0 saturated carbocycles. The highest BCUT2D eigenvalue weighted by Crippen LogP contribution is 2.24. The van der Waals surface area contributed by atoms with Crippen molar-refractivity contribution < 1.29 is 19.8 Å². The number of Topliss-reactive ketones (excluding diaryl/α,β-unsaturated/α-hetero) is 1. The van der Waals surface area contributed by atoms with E-state index in [1.807, 2.05) is 12.1 Å². The van der Waals surface area contributed by atoms with Gasteiger partial charge in [-0.1, -0.05) is 43.3 Å². The summed E-state index contributed by atoms with van der Waals surface area (Å²) in [6.07, 6.45) is 0.405. The zero-order chi connectivity index (χ0) is 18.7. The van der Waals surface area contributed by atoms with Crippen LogP contribution in [-0.4, -0.2) is 52.1 Å². The van der Waals surface area contributed by atoms with Crippen LogP contribution in [0.5, 0.6) is 0 Å². The lowest BCUT2D eigenvalue weighted by atomic mass is 10.0. The number of aryl methyl sites for hydroxylation is 1. The number of likely N-dealkylation sites (tertiary alicyclic amines) is 1. The van der Waals surface area contributed by atoms with Crippen molar-refractivity contribution in [2.45, 2.75) is 31.9 Å². The number of carbonyl (C=O) groups is 2. The Morgan fingerprint density at radius 1 is 1.04 bits per heavy atom. The maximum absolute atomic E-state index is 12.7. The quantitative estimate of drug-likeness (QED) is 0.862. The predicted octanol–water partition coefficient (Wildman–Crippen LogP) is 2.05. The van der Waals surface area contributed by atoms with Crippen molar-refractivity contribution in [1.82, 2.24) is 4.90 Å². The minimum absolute atomic E-state index is 0.302. The molecule has 0 unspecified atom stereocenters. The molecule has 1 aliphatic heterocycles. The van der Waals surface area contributed by atoms with Gasteiger partial charge in [0.1, 0.15) is 12.6 Å². The van der Waals surface area contributed by atoms with E-state index in [2.05, 4.69) is 31.2 Å². The standard InChI is InChI=1S/C21H23NO4/c1-2-14-3-5-15(6-4-14)16-7-9-17(10-8-16)21(26)22-12-11-18(24)20(22)19(25)13-23/h3-10,18,20,23-24H,2,11-13H2,1H3/t18-,20-/m0/s1. The van der Waals surface area contributed by atoms with Crippen LogP contribution in [0.25, 0.3) is 11.1 Å². The van der Waals surface area contributed by atoms with Gasteiger partial charge in [-0.25, -0.2) is 0 Å². The van der Waals surface area contributed by atoms with Gasteiger partial charge in [0.25, 0.3) is 5.91 Å². The van der Waals surface area contributed by atoms with Crippen LogP contribution >= 0.6 is 0 Å². The Morgan fingerprint density at radius 2 is 1.62 bits per heavy atom. The SMILES string of the molecule is CCc1ccc(-c2ccc(C(=O)N3CC[C@H](O)[C@H]3C(=O)CO)cc2)cc1. The highest BCUT2D eigenvalue weighted by Gasteiger charge is 2.40. The highest BCUT2D eigenvalue weighted by atomic mass is 16.3. The lowest BCUT2D eigenvalue weighted by Crippen LogP contribution is -2.46. The molecule has 1 heterocycles. The molecule has 5 heteroatoms. The average molecular weight is 353 g/mol. The van der Waals surface area contributed by atoms with Crippen LogP contribution in [0.2, 0.25) is 0 Å². The second-order valence-electron chi connectivity index (χ2n) is 6.55. The van der Waals surface area contributed by atoms with E-state index in [9.17, 15) is 14.7 Å². The van der Waals surface area contributed by atoms with Crippen molar-refractivity contribution in [2.24, 2.45) is 0 Å². The van der Waals surface area contributed by atoms with Gasteiger partial charge in [0.15, 0.2) is 5.78 Å². The van der Waals surface area contributed by atoms with Gasteiger partial charge in [-0.3, -0.25) is 9.59 Å². The summed E-state index contributed by atoms with van der Waals surface area (Å²) in [6, 6.07) is 14.6. The molecule has 2 aromatic carbocycles. The van der Waals surface area contributed by atoms with E-state index >= 15 is 0 Å². The van der Waals surface area contributed by atoms with Gasteiger partial charge >= 0.3 is 0 Å². The van der Waals surface area contributed by atoms with Gasteiger partial charge in [-0.2, -0.15) is 0 Å². The van der Waals surface area contributed by atoms with Crippen molar-refractivity contribution in [2.75, 3.05) is 13.2 Å². The van der Waals surface area contributed by atoms with Crippen LogP contribution in [0, 0.1) is 0 Å². The molecule has 2 N–H and O–H groups in total. The molecule has 136 valence electrons. The molecule has 1 fully saturated rings. The molecular weight excluding hydrogens is 330 g/mol. The Balaban J connectivity index is 1.79. The maximum Gasteiger partial charge on any atom is 0.254 e. The first kappa shape index (κ1) is 18.3. The number of amides is 1. The van der Waals surface area contributed by atoms with E-state index in [-0.39, 0.29) is 5.91 Å². The Morgan fingerprint density at radius 3 is 2.15 bits per heavy atom. The fraction of sp³-hybridized carbons (Fsp3) is 0.333. The van der Waals surface area contributed by atoms with Crippen LogP contribution in [0.4, 0.5) is 0 Å². The molecule has 1 aliphatic rings. The molecule has 0 radical (unpaired) electrons. The Labute approximate surface area is 152 Å². The summed E-state index contributed by atoms with van der Waals surface area (Å²) in [6.45, 7) is 1.73. The predicted molar refractivity (Wildman–Crippen MR) is 98.8 cm³/mol. The molecule has 0 aromatic heterocycles. The molecule has 0 bridgehead atoms. The molecule has 2 atom stereocenters.